The van der Waals surface area contributed by atoms with Crippen molar-refractivity contribution in [2.75, 3.05) is 25.5 Å². The zero-order valence-corrected chi connectivity index (χ0v) is 15.3. The Labute approximate surface area is 158 Å². The number of imidazole rings is 1. The second kappa shape index (κ2) is 7.75. The molecular formula is C20H23N5O2. The Bertz CT molecular complexity index is 917. The quantitative estimate of drug-likeness (QED) is 0.769. The second-order valence-electron chi connectivity index (χ2n) is 6.69. The summed E-state index contributed by atoms with van der Waals surface area (Å²) in [6.45, 7) is 1.84. The van der Waals surface area contributed by atoms with Gasteiger partial charge >= 0.3 is 6.03 Å². The lowest BCUT2D eigenvalue weighted by atomic mass is 10.0. The predicted octanol–water partition coefficient (Wildman–Crippen LogP) is 3.45. The number of pyridine rings is 1. The number of nitrogens with one attached hydrogen (secondary N) is 1. The monoisotopic (exact) mass is 365 g/mol. The van der Waals surface area contributed by atoms with Crippen LogP contribution in [0.2, 0.25) is 0 Å². The molecule has 1 aliphatic rings. The van der Waals surface area contributed by atoms with Crippen molar-refractivity contribution in [1.82, 2.24) is 19.4 Å². The van der Waals surface area contributed by atoms with Gasteiger partial charge in [0.1, 0.15) is 17.9 Å². The largest absolute Gasteiger partial charge is 0.377 e. The molecule has 140 valence electrons. The molecule has 1 aliphatic heterocycles. The maximum absolute atomic E-state index is 12.5. The van der Waals surface area contributed by atoms with Gasteiger partial charge in [-0.15, -0.1) is 0 Å². The van der Waals surface area contributed by atoms with E-state index in [4.69, 9.17) is 4.74 Å². The number of likely N-dealkylation sites (tertiary alicyclic amines) is 1. The molecule has 2 amide bonds. The Balaban J connectivity index is 1.47. The molecule has 0 bridgehead atoms. The minimum Gasteiger partial charge on any atom is -0.377 e. The van der Waals surface area contributed by atoms with Crippen molar-refractivity contribution in [2.24, 2.45) is 0 Å². The van der Waals surface area contributed by atoms with Crippen molar-refractivity contribution in [3.63, 3.8) is 0 Å². The van der Waals surface area contributed by atoms with Gasteiger partial charge in [-0.25, -0.2) is 14.8 Å². The highest BCUT2D eigenvalue weighted by Crippen LogP contribution is 2.28. The van der Waals surface area contributed by atoms with Gasteiger partial charge in [0.25, 0.3) is 0 Å². The molecule has 7 nitrogen and oxygen atoms in total. The highest BCUT2D eigenvalue weighted by atomic mass is 16.5. The number of anilines is 1. The number of rotatable bonds is 4. The molecule has 7 heteroatoms. The SMILES string of the molecule is COCc1nc2cccnc2n1C1CCN(C(=O)Nc2ccccc2)CC1. The van der Waals surface area contributed by atoms with E-state index < -0.39 is 0 Å². The molecule has 3 aromatic rings. The van der Waals surface area contributed by atoms with Gasteiger partial charge in [-0.05, 0) is 37.1 Å². The van der Waals surface area contributed by atoms with Gasteiger partial charge in [0, 0.05) is 38.1 Å². The first-order valence-corrected chi connectivity index (χ1v) is 9.18. The molecule has 0 saturated carbocycles. The third-order valence-electron chi connectivity index (χ3n) is 4.94. The molecule has 4 rings (SSSR count). The summed E-state index contributed by atoms with van der Waals surface area (Å²) < 4.78 is 7.51. The lowest BCUT2D eigenvalue weighted by Crippen LogP contribution is -2.41. The number of urea groups is 1. The first-order chi connectivity index (χ1) is 13.3. The molecule has 0 radical (unpaired) electrons. The van der Waals surface area contributed by atoms with Crippen LogP contribution in [0.15, 0.2) is 48.7 Å². The average Bonchev–Trinajstić information content (AvgIpc) is 3.07. The van der Waals surface area contributed by atoms with Crippen LogP contribution >= 0.6 is 0 Å². The molecule has 1 fully saturated rings. The van der Waals surface area contributed by atoms with Gasteiger partial charge < -0.3 is 19.5 Å². The third kappa shape index (κ3) is 3.64. The van der Waals surface area contributed by atoms with E-state index in [9.17, 15) is 4.79 Å². The number of hydrogen-bond acceptors (Lipinski definition) is 4. The van der Waals surface area contributed by atoms with E-state index in [2.05, 4.69) is 19.9 Å². The van der Waals surface area contributed by atoms with Crippen LogP contribution < -0.4 is 5.32 Å². The number of carbonyl (C=O) groups excluding carboxylic acids is 1. The normalized spacial score (nSPS) is 15.2. The summed E-state index contributed by atoms with van der Waals surface area (Å²) >= 11 is 0. The number of carbonyl (C=O) groups is 1. The van der Waals surface area contributed by atoms with Gasteiger partial charge in [-0.1, -0.05) is 18.2 Å². The van der Waals surface area contributed by atoms with Gasteiger partial charge in [0.2, 0.25) is 0 Å². The number of benzene rings is 1. The Hall–Kier alpha value is -2.93. The fourth-order valence-corrected chi connectivity index (χ4v) is 3.64. The molecular weight excluding hydrogens is 342 g/mol. The minimum atomic E-state index is -0.0506. The number of piperidine rings is 1. The van der Waals surface area contributed by atoms with Crippen molar-refractivity contribution >= 4 is 22.9 Å². The van der Waals surface area contributed by atoms with Crippen LogP contribution in [0.5, 0.6) is 0 Å². The first kappa shape index (κ1) is 17.5. The average molecular weight is 365 g/mol. The molecule has 0 spiro atoms. The van der Waals surface area contributed by atoms with Crippen LogP contribution in [0, 0.1) is 0 Å². The number of aromatic nitrogens is 3. The smallest absolute Gasteiger partial charge is 0.321 e. The second-order valence-corrected chi connectivity index (χ2v) is 6.69. The predicted molar refractivity (Wildman–Crippen MR) is 104 cm³/mol. The number of fused-ring (bicyclic) bond motifs is 1. The van der Waals surface area contributed by atoms with Crippen molar-refractivity contribution in [1.29, 1.82) is 0 Å². The fourth-order valence-electron chi connectivity index (χ4n) is 3.64. The van der Waals surface area contributed by atoms with Crippen molar-refractivity contribution in [3.8, 4) is 0 Å². The standard InChI is InChI=1S/C20H23N5O2/c1-27-14-18-23-17-8-5-11-21-19(17)25(18)16-9-12-24(13-10-16)20(26)22-15-6-3-2-4-7-15/h2-8,11,16H,9-10,12-14H2,1H3,(H,22,26). The Morgan fingerprint density at radius 2 is 1.96 bits per heavy atom. The third-order valence-corrected chi connectivity index (χ3v) is 4.94. The molecule has 27 heavy (non-hydrogen) atoms. The van der Waals surface area contributed by atoms with Crippen molar-refractivity contribution in [3.05, 3.63) is 54.5 Å². The maximum Gasteiger partial charge on any atom is 0.321 e. The number of nitrogens with zero attached hydrogens (tertiary/aromatic N) is 4. The molecule has 3 heterocycles. The van der Waals surface area contributed by atoms with E-state index in [1.54, 1.807) is 13.3 Å². The Kier molecular flexibility index (Phi) is 5.02. The van der Waals surface area contributed by atoms with E-state index >= 15 is 0 Å². The van der Waals surface area contributed by atoms with E-state index in [1.165, 1.54) is 0 Å². The van der Waals surface area contributed by atoms with E-state index in [-0.39, 0.29) is 12.1 Å². The molecule has 2 aromatic heterocycles. The van der Waals surface area contributed by atoms with Crippen molar-refractivity contribution < 1.29 is 9.53 Å². The fraction of sp³-hybridized carbons (Fsp3) is 0.350. The molecule has 0 unspecified atom stereocenters. The molecule has 1 saturated heterocycles. The van der Waals surface area contributed by atoms with Crippen molar-refractivity contribution in [2.45, 2.75) is 25.5 Å². The van der Waals surface area contributed by atoms with E-state index in [0.29, 0.717) is 19.7 Å². The lowest BCUT2D eigenvalue weighted by Gasteiger charge is -2.33. The summed E-state index contributed by atoms with van der Waals surface area (Å²) in [6.07, 6.45) is 3.52. The maximum atomic E-state index is 12.5. The Morgan fingerprint density at radius 3 is 2.70 bits per heavy atom. The van der Waals surface area contributed by atoms with E-state index in [1.807, 2.05) is 47.4 Å². The summed E-state index contributed by atoms with van der Waals surface area (Å²) in [5.74, 6) is 0.887. The Morgan fingerprint density at radius 1 is 1.19 bits per heavy atom. The van der Waals surface area contributed by atoms with Gasteiger partial charge in [-0.3, -0.25) is 0 Å². The van der Waals surface area contributed by atoms with E-state index in [0.717, 1.165) is 35.5 Å². The molecule has 1 N–H and O–H groups in total. The molecule has 0 atom stereocenters. The summed E-state index contributed by atoms with van der Waals surface area (Å²) in [7, 11) is 1.67. The summed E-state index contributed by atoms with van der Waals surface area (Å²) in [5, 5.41) is 2.96. The van der Waals surface area contributed by atoms with Gasteiger partial charge in [0.05, 0.1) is 0 Å². The zero-order valence-electron chi connectivity index (χ0n) is 15.3. The summed E-state index contributed by atoms with van der Waals surface area (Å²) in [4.78, 5) is 23.6. The number of para-hydroxylation sites is 1. The van der Waals surface area contributed by atoms with Crippen LogP contribution in [0.4, 0.5) is 10.5 Å². The highest BCUT2D eigenvalue weighted by molar-refractivity contribution is 5.89. The summed E-state index contributed by atoms with van der Waals surface area (Å²) in [6, 6.07) is 13.6. The molecule has 1 aromatic carbocycles. The molecule has 0 aliphatic carbocycles. The van der Waals surface area contributed by atoms with Crippen LogP contribution in [-0.4, -0.2) is 45.7 Å². The lowest BCUT2D eigenvalue weighted by molar-refractivity contribution is 0.162. The van der Waals surface area contributed by atoms with Crippen LogP contribution in [0.1, 0.15) is 24.7 Å². The minimum absolute atomic E-state index is 0.0506. The highest BCUT2D eigenvalue weighted by Gasteiger charge is 2.27. The van der Waals surface area contributed by atoms with Gasteiger partial charge in [-0.2, -0.15) is 0 Å². The summed E-state index contributed by atoms with van der Waals surface area (Å²) in [5.41, 5.74) is 2.59. The van der Waals surface area contributed by atoms with Gasteiger partial charge in [0.15, 0.2) is 5.65 Å². The van der Waals surface area contributed by atoms with Crippen LogP contribution in [0.25, 0.3) is 11.2 Å². The first-order valence-electron chi connectivity index (χ1n) is 9.18. The number of methoxy groups -OCH3 is 1. The topological polar surface area (TPSA) is 72.3 Å². The number of amides is 2. The van der Waals surface area contributed by atoms with Crippen LogP contribution in [-0.2, 0) is 11.3 Å². The zero-order chi connectivity index (χ0) is 18.6. The number of hydrogen-bond donors (Lipinski definition) is 1. The van der Waals surface area contributed by atoms with Crippen LogP contribution in [0.3, 0.4) is 0 Å². The number of ether oxygens (including phenoxy) is 1.